The first-order valence-electron chi connectivity index (χ1n) is 4.95. The van der Waals surface area contributed by atoms with E-state index in [1.54, 1.807) is 0 Å². The summed E-state index contributed by atoms with van der Waals surface area (Å²) in [6, 6.07) is 0. The Morgan fingerprint density at radius 3 is 1.09 bits per heavy atom. The van der Waals surface area contributed by atoms with E-state index in [1.807, 2.05) is 0 Å². The maximum Gasteiger partial charge on any atom is -0.0417 e. The molecule has 0 aromatic rings. The summed E-state index contributed by atoms with van der Waals surface area (Å²) in [5, 5.41) is 0. The highest BCUT2D eigenvalue weighted by Crippen LogP contribution is 2.23. The Bertz CT molecular complexity index is 80.2. The predicted octanol–water partition coefficient (Wildman–Crippen LogP) is 3.96. The fourth-order valence-electron chi connectivity index (χ4n) is 1.13. The van der Waals surface area contributed by atoms with Gasteiger partial charge < -0.3 is 0 Å². The van der Waals surface area contributed by atoms with E-state index < -0.39 is 0 Å². The molecular formula is C11H24. The van der Waals surface area contributed by atoms with Crippen molar-refractivity contribution < 1.29 is 0 Å². The van der Waals surface area contributed by atoms with Gasteiger partial charge in [0.25, 0.3) is 0 Å². The van der Waals surface area contributed by atoms with Crippen LogP contribution in [0.25, 0.3) is 0 Å². The highest BCUT2D eigenvalue weighted by atomic mass is 14.2. The van der Waals surface area contributed by atoms with Gasteiger partial charge in [-0.3, -0.25) is 0 Å². The molecule has 0 aromatic carbocycles. The SMILES string of the molecule is CC(C)[C@H](C)C[C@H](C)C(C)C. The van der Waals surface area contributed by atoms with E-state index in [0.29, 0.717) is 0 Å². The van der Waals surface area contributed by atoms with Gasteiger partial charge in [-0.2, -0.15) is 0 Å². The number of hydrogen-bond acceptors (Lipinski definition) is 0. The summed E-state index contributed by atoms with van der Waals surface area (Å²) in [5.41, 5.74) is 0. The van der Waals surface area contributed by atoms with Gasteiger partial charge in [-0.1, -0.05) is 41.5 Å². The molecule has 2 atom stereocenters. The van der Waals surface area contributed by atoms with Gasteiger partial charge in [0.2, 0.25) is 0 Å². The zero-order chi connectivity index (χ0) is 9.02. The van der Waals surface area contributed by atoms with Gasteiger partial charge in [0, 0.05) is 0 Å². The van der Waals surface area contributed by atoms with E-state index in [9.17, 15) is 0 Å². The molecule has 0 heteroatoms. The number of rotatable bonds is 4. The Kier molecular flexibility index (Phi) is 4.79. The van der Waals surface area contributed by atoms with Gasteiger partial charge in [-0.25, -0.2) is 0 Å². The topological polar surface area (TPSA) is 0 Å². The zero-order valence-corrected chi connectivity index (χ0v) is 9.02. The molecule has 0 aromatic heterocycles. The second-order valence-corrected chi connectivity index (χ2v) is 4.68. The molecule has 0 saturated heterocycles. The molecule has 0 heterocycles. The van der Waals surface area contributed by atoms with Crippen molar-refractivity contribution in [2.75, 3.05) is 0 Å². The van der Waals surface area contributed by atoms with Crippen molar-refractivity contribution in [2.24, 2.45) is 23.7 Å². The average molecular weight is 156 g/mol. The maximum absolute atomic E-state index is 2.36. The lowest BCUT2D eigenvalue weighted by Gasteiger charge is -2.22. The summed E-state index contributed by atoms with van der Waals surface area (Å²) in [5.74, 6) is 3.45. The molecule has 0 spiro atoms. The van der Waals surface area contributed by atoms with Gasteiger partial charge in [0.15, 0.2) is 0 Å². The van der Waals surface area contributed by atoms with E-state index >= 15 is 0 Å². The molecule has 0 aliphatic carbocycles. The summed E-state index contributed by atoms with van der Waals surface area (Å²) < 4.78 is 0. The van der Waals surface area contributed by atoms with Crippen LogP contribution < -0.4 is 0 Å². The molecular weight excluding hydrogens is 132 g/mol. The quantitative estimate of drug-likeness (QED) is 0.578. The van der Waals surface area contributed by atoms with Crippen LogP contribution >= 0.6 is 0 Å². The van der Waals surface area contributed by atoms with Crippen molar-refractivity contribution >= 4 is 0 Å². The highest BCUT2D eigenvalue weighted by Gasteiger charge is 2.13. The normalized spacial score (nSPS) is 17.5. The minimum atomic E-state index is 0.844. The van der Waals surface area contributed by atoms with Gasteiger partial charge >= 0.3 is 0 Å². The monoisotopic (exact) mass is 156 g/mol. The van der Waals surface area contributed by atoms with Crippen LogP contribution in [0.15, 0.2) is 0 Å². The molecule has 0 N–H and O–H groups in total. The van der Waals surface area contributed by atoms with E-state index in [-0.39, 0.29) is 0 Å². The Morgan fingerprint density at radius 2 is 0.909 bits per heavy atom. The van der Waals surface area contributed by atoms with E-state index in [2.05, 4.69) is 41.5 Å². The van der Waals surface area contributed by atoms with Crippen molar-refractivity contribution in [2.45, 2.75) is 48.0 Å². The van der Waals surface area contributed by atoms with Crippen LogP contribution in [0, 0.1) is 23.7 Å². The molecule has 0 saturated carbocycles. The third kappa shape index (κ3) is 4.44. The fourth-order valence-corrected chi connectivity index (χ4v) is 1.13. The minimum absolute atomic E-state index is 0.844. The molecule has 0 aliphatic rings. The fraction of sp³-hybridized carbons (Fsp3) is 1.00. The molecule has 0 radical (unpaired) electrons. The van der Waals surface area contributed by atoms with Crippen molar-refractivity contribution in [3.8, 4) is 0 Å². The van der Waals surface area contributed by atoms with Crippen LogP contribution in [-0.2, 0) is 0 Å². The van der Waals surface area contributed by atoms with Crippen molar-refractivity contribution in [1.82, 2.24) is 0 Å². The summed E-state index contributed by atoms with van der Waals surface area (Å²) in [6.07, 6.45) is 1.38. The summed E-state index contributed by atoms with van der Waals surface area (Å²) in [7, 11) is 0. The number of hydrogen-bond donors (Lipinski definition) is 0. The maximum atomic E-state index is 2.36. The minimum Gasteiger partial charge on any atom is -0.0625 e. The molecule has 0 rings (SSSR count). The molecule has 0 nitrogen and oxygen atoms in total. The van der Waals surface area contributed by atoms with Gasteiger partial charge in [0.1, 0.15) is 0 Å². The van der Waals surface area contributed by atoms with Crippen molar-refractivity contribution in [3.63, 3.8) is 0 Å². The Labute approximate surface area is 72.4 Å². The molecule has 0 unspecified atom stereocenters. The molecule has 68 valence electrons. The van der Waals surface area contributed by atoms with Gasteiger partial charge in [0.05, 0.1) is 0 Å². The van der Waals surface area contributed by atoms with Gasteiger partial charge in [-0.05, 0) is 30.1 Å². The van der Waals surface area contributed by atoms with E-state index in [4.69, 9.17) is 0 Å². The smallest absolute Gasteiger partial charge is 0.0417 e. The Balaban J connectivity index is 3.66. The summed E-state index contributed by atoms with van der Waals surface area (Å²) in [4.78, 5) is 0. The first kappa shape index (κ1) is 11.0. The average Bonchev–Trinajstić information content (AvgIpc) is 1.87. The second-order valence-electron chi connectivity index (χ2n) is 4.68. The molecule has 0 aliphatic heterocycles. The van der Waals surface area contributed by atoms with E-state index in [0.717, 1.165) is 23.7 Å². The molecule has 11 heavy (non-hydrogen) atoms. The van der Waals surface area contributed by atoms with Crippen molar-refractivity contribution in [3.05, 3.63) is 0 Å². The lowest BCUT2D eigenvalue weighted by Crippen LogP contribution is -2.12. The molecule has 0 bridgehead atoms. The Hall–Kier alpha value is 0. The van der Waals surface area contributed by atoms with E-state index in [1.165, 1.54) is 6.42 Å². The van der Waals surface area contributed by atoms with Crippen LogP contribution in [-0.4, -0.2) is 0 Å². The van der Waals surface area contributed by atoms with Crippen LogP contribution in [0.4, 0.5) is 0 Å². The van der Waals surface area contributed by atoms with Crippen LogP contribution in [0.1, 0.15) is 48.0 Å². The molecule has 0 amide bonds. The second kappa shape index (κ2) is 4.79. The van der Waals surface area contributed by atoms with Crippen molar-refractivity contribution in [1.29, 1.82) is 0 Å². The lowest BCUT2D eigenvalue weighted by atomic mass is 9.84. The third-order valence-corrected chi connectivity index (χ3v) is 3.02. The standard InChI is InChI=1S/C11H24/c1-8(2)10(5)7-11(6)9(3)4/h8-11H,7H2,1-6H3/t10-,11+. The predicted molar refractivity (Wildman–Crippen MR) is 52.6 cm³/mol. The summed E-state index contributed by atoms with van der Waals surface area (Å²) >= 11 is 0. The third-order valence-electron chi connectivity index (χ3n) is 3.02. The largest absolute Gasteiger partial charge is 0.0625 e. The Morgan fingerprint density at radius 1 is 0.636 bits per heavy atom. The summed E-state index contributed by atoms with van der Waals surface area (Å²) in [6.45, 7) is 14.0. The molecule has 0 fully saturated rings. The van der Waals surface area contributed by atoms with Crippen LogP contribution in [0.2, 0.25) is 0 Å². The highest BCUT2D eigenvalue weighted by molar-refractivity contribution is 4.64. The van der Waals surface area contributed by atoms with Crippen LogP contribution in [0.5, 0.6) is 0 Å². The first-order valence-corrected chi connectivity index (χ1v) is 4.95. The van der Waals surface area contributed by atoms with Crippen LogP contribution in [0.3, 0.4) is 0 Å². The first-order chi connectivity index (χ1) is 4.95. The zero-order valence-electron chi connectivity index (χ0n) is 9.02. The van der Waals surface area contributed by atoms with Gasteiger partial charge in [-0.15, -0.1) is 0 Å². The lowest BCUT2D eigenvalue weighted by molar-refractivity contribution is 0.283.